The molecule has 0 aliphatic rings. The summed E-state index contributed by atoms with van der Waals surface area (Å²) in [6, 6.07) is 14.9. The van der Waals surface area contributed by atoms with Crippen molar-refractivity contribution in [2.45, 2.75) is 32.4 Å². The smallest absolute Gasteiger partial charge is 0.125 e. The van der Waals surface area contributed by atoms with Gasteiger partial charge in [-0.3, -0.25) is 0 Å². The van der Waals surface area contributed by atoms with E-state index in [1.54, 1.807) is 0 Å². The van der Waals surface area contributed by atoms with E-state index in [9.17, 15) is 0 Å². The topological polar surface area (TPSA) is 43.8 Å². The third-order valence-corrected chi connectivity index (χ3v) is 3.81. The first-order valence-electron chi connectivity index (χ1n) is 7.52. The Morgan fingerprint density at radius 1 is 1.14 bits per heavy atom. The largest absolute Gasteiger partial charge is 0.334 e. The number of hydrogen-bond acceptors (Lipinski definition) is 2. The number of imidazole rings is 1. The summed E-state index contributed by atoms with van der Waals surface area (Å²) in [4.78, 5) is 4.43. The van der Waals surface area contributed by atoms with E-state index in [0.29, 0.717) is 0 Å². The van der Waals surface area contributed by atoms with Gasteiger partial charge in [0, 0.05) is 18.9 Å². The van der Waals surface area contributed by atoms with Crippen LogP contribution in [0.1, 0.15) is 30.8 Å². The summed E-state index contributed by atoms with van der Waals surface area (Å²) in [5.74, 6) is 0.977. The minimum atomic E-state index is -0.0623. The Kier molecular flexibility index (Phi) is 4.02. The Morgan fingerprint density at radius 2 is 1.95 bits per heavy atom. The van der Waals surface area contributed by atoms with Crippen molar-refractivity contribution < 1.29 is 0 Å². The highest BCUT2D eigenvalue weighted by atomic mass is 15.1. The van der Waals surface area contributed by atoms with Crippen molar-refractivity contribution in [2.24, 2.45) is 5.73 Å². The van der Waals surface area contributed by atoms with E-state index in [0.717, 1.165) is 25.2 Å². The molecule has 0 saturated carbocycles. The summed E-state index contributed by atoms with van der Waals surface area (Å²) in [5, 5.41) is 2.53. The third kappa shape index (κ3) is 2.98. The Bertz CT molecular complexity index is 730. The van der Waals surface area contributed by atoms with E-state index in [-0.39, 0.29) is 6.04 Å². The van der Waals surface area contributed by atoms with Crippen LogP contribution in [0.25, 0.3) is 10.8 Å². The molecule has 0 bridgehead atoms. The van der Waals surface area contributed by atoms with E-state index < -0.39 is 0 Å². The minimum absolute atomic E-state index is 0.0623. The average molecular weight is 279 g/mol. The SMILES string of the molecule is CCCn1ccnc1C(N)Cc1ccc2ccccc2c1. The van der Waals surface area contributed by atoms with Crippen LogP contribution in [0, 0.1) is 0 Å². The summed E-state index contributed by atoms with van der Waals surface area (Å²) < 4.78 is 2.16. The molecular weight excluding hydrogens is 258 g/mol. The molecule has 0 radical (unpaired) electrons. The number of aryl methyl sites for hydroxylation is 1. The molecule has 3 heteroatoms. The van der Waals surface area contributed by atoms with Gasteiger partial charge in [-0.05, 0) is 29.2 Å². The molecule has 0 aliphatic carbocycles. The van der Waals surface area contributed by atoms with Gasteiger partial charge in [0.05, 0.1) is 6.04 Å². The fourth-order valence-electron chi connectivity index (χ4n) is 2.79. The molecule has 108 valence electrons. The zero-order valence-electron chi connectivity index (χ0n) is 12.4. The summed E-state index contributed by atoms with van der Waals surface area (Å²) in [5.41, 5.74) is 7.62. The molecule has 21 heavy (non-hydrogen) atoms. The lowest BCUT2D eigenvalue weighted by Crippen LogP contribution is -2.19. The van der Waals surface area contributed by atoms with E-state index in [1.807, 2.05) is 12.4 Å². The average Bonchev–Trinajstić information content (AvgIpc) is 2.96. The lowest BCUT2D eigenvalue weighted by atomic mass is 10.0. The quantitative estimate of drug-likeness (QED) is 0.774. The highest BCUT2D eigenvalue weighted by molar-refractivity contribution is 5.82. The Hall–Kier alpha value is -2.13. The molecule has 2 aromatic carbocycles. The van der Waals surface area contributed by atoms with Gasteiger partial charge < -0.3 is 10.3 Å². The van der Waals surface area contributed by atoms with Gasteiger partial charge in [-0.25, -0.2) is 4.98 Å². The van der Waals surface area contributed by atoms with Crippen LogP contribution in [-0.4, -0.2) is 9.55 Å². The molecule has 2 N–H and O–H groups in total. The van der Waals surface area contributed by atoms with Crippen molar-refractivity contribution in [3.05, 3.63) is 66.2 Å². The maximum absolute atomic E-state index is 6.36. The molecule has 3 aromatic rings. The van der Waals surface area contributed by atoms with E-state index >= 15 is 0 Å². The van der Waals surface area contributed by atoms with Crippen molar-refractivity contribution in [1.82, 2.24) is 9.55 Å². The molecule has 1 aromatic heterocycles. The molecule has 0 amide bonds. The van der Waals surface area contributed by atoms with Gasteiger partial charge in [0.15, 0.2) is 0 Å². The van der Waals surface area contributed by atoms with Gasteiger partial charge in [-0.1, -0.05) is 49.4 Å². The third-order valence-electron chi connectivity index (χ3n) is 3.81. The van der Waals surface area contributed by atoms with E-state index in [2.05, 4.69) is 58.9 Å². The second-order valence-corrected chi connectivity index (χ2v) is 5.47. The number of nitrogens with two attached hydrogens (primary N) is 1. The van der Waals surface area contributed by atoms with E-state index in [4.69, 9.17) is 5.73 Å². The van der Waals surface area contributed by atoms with Crippen LogP contribution >= 0.6 is 0 Å². The highest BCUT2D eigenvalue weighted by Gasteiger charge is 2.13. The Morgan fingerprint density at radius 3 is 2.76 bits per heavy atom. The van der Waals surface area contributed by atoms with Crippen LogP contribution in [0.4, 0.5) is 0 Å². The number of fused-ring (bicyclic) bond motifs is 1. The van der Waals surface area contributed by atoms with Gasteiger partial charge in [0.1, 0.15) is 5.82 Å². The van der Waals surface area contributed by atoms with Crippen LogP contribution in [0.3, 0.4) is 0 Å². The Balaban J connectivity index is 1.82. The normalized spacial score (nSPS) is 12.7. The number of aromatic nitrogens is 2. The molecule has 3 rings (SSSR count). The maximum Gasteiger partial charge on any atom is 0.125 e. The van der Waals surface area contributed by atoms with Crippen molar-refractivity contribution >= 4 is 10.8 Å². The standard InChI is InChI=1S/C18H21N3/c1-2-10-21-11-9-20-18(21)17(19)13-14-7-8-15-5-3-4-6-16(15)12-14/h3-9,11-12,17H,2,10,13,19H2,1H3. The molecule has 0 saturated heterocycles. The molecule has 3 nitrogen and oxygen atoms in total. The van der Waals surface area contributed by atoms with Crippen molar-refractivity contribution in [3.8, 4) is 0 Å². The Labute approximate surface area is 125 Å². The molecule has 1 atom stereocenters. The lowest BCUT2D eigenvalue weighted by Gasteiger charge is -2.14. The lowest BCUT2D eigenvalue weighted by molar-refractivity contribution is 0.574. The molecule has 0 aliphatic heterocycles. The number of benzene rings is 2. The zero-order chi connectivity index (χ0) is 14.7. The second kappa shape index (κ2) is 6.10. The summed E-state index contributed by atoms with van der Waals surface area (Å²) in [6.07, 6.45) is 5.75. The minimum Gasteiger partial charge on any atom is -0.334 e. The monoisotopic (exact) mass is 279 g/mol. The molecule has 1 unspecified atom stereocenters. The summed E-state index contributed by atoms with van der Waals surface area (Å²) in [7, 11) is 0. The second-order valence-electron chi connectivity index (χ2n) is 5.47. The van der Waals surface area contributed by atoms with Crippen molar-refractivity contribution in [2.75, 3.05) is 0 Å². The molecule has 1 heterocycles. The van der Waals surface area contributed by atoms with Crippen LogP contribution in [-0.2, 0) is 13.0 Å². The van der Waals surface area contributed by atoms with Crippen LogP contribution in [0.2, 0.25) is 0 Å². The number of rotatable bonds is 5. The van der Waals surface area contributed by atoms with Crippen LogP contribution in [0.15, 0.2) is 54.9 Å². The van der Waals surface area contributed by atoms with Crippen LogP contribution in [0.5, 0.6) is 0 Å². The predicted octanol–water partition coefficient (Wildman–Crippen LogP) is 3.69. The fourth-order valence-corrected chi connectivity index (χ4v) is 2.79. The number of nitrogens with zero attached hydrogens (tertiary/aromatic N) is 2. The maximum atomic E-state index is 6.36. The summed E-state index contributed by atoms with van der Waals surface area (Å²) in [6.45, 7) is 3.14. The van der Waals surface area contributed by atoms with Crippen molar-refractivity contribution in [3.63, 3.8) is 0 Å². The molecular formula is C18H21N3. The van der Waals surface area contributed by atoms with Gasteiger partial charge in [0.25, 0.3) is 0 Å². The first-order valence-corrected chi connectivity index (χ1v) is 7.52. The van der Waals surface area contributed by atoms with Gasteiger partial charge >= 0.3 is 0 Å². The number of hydrogen-bond donors (Lipinski definition) is 1. The first-order chi connectivity index (χ1) is 10.3. The summed E-state index contributed by atoms with van der Waals surface area (Å²) >= 11 is 0. The highest BCUT2D eigenvalue weighted by Crippen LogP contribution is 2.20. The van der Waals surface area contributed by atoms with Gasteiger partial charge in [-0.2, -0.15) is 0 Å². The molecule has 0 spiro atoms. The predicted molar refractivity (Wildman–Crippen MR) is 87.1 cm³/mol. The van der Waals surface area contributed by atoms with Gasteiger partial charge in [0.2, 0.25) is 0 Å². The van der Waals surface area contributed by atoms with Gasteiger partial charge in [-0.15, -0.1) is 0 Å². The van der Waals surface area contributed by atoms with Crippen LogP contribution < -0.4 is 5.73 Å². The first kappa shape index (κ1) is 13.8. The van der Waals surface area contributed by atoms with E-state index in [1.165, 1.54) is 16.3 Å². The zero-order valence-corrected chi connectivity index (χ0v) is 12.4. The fraction of sp³-hybridized carbons (Fsp3) is 0.278. The van der Waals surface area contributed by atoms with Crippen molar-refractivity contribution in [1.29, 1.82) is 0 Å². The molecule has 0 fully saturated rings.